The van der Waals surface area contributed by atoms with Crippen molar-refractivity contribution in [3.05, 3.63) is 0 Å². The minimum atomic E-state index is 0.794. The lowest BCUT2D eigenvalue weighted by Gasteiger charge is -2.14. The van der Waals surface area contributed by atoms with Gasteiger partial charge in [0.1, 0.15) is 0 Å². The highest BCUT2D eigenvalue weighted by atomic mass is 14.5. The number of hydrogen-bond donors (Lipinski definition) is 0. The average molecular weight is 379 g/mol. The van der Waals surface area contributed by atoms with Gasteiger partial charge in [0, 0.05) is 0 Å². The van der Waals surface area contributed by atoms with E-state index in [0.717, 1.165) is 17.3 Å². The van der Waals surface area contributed by atoms with Crippen molar-refractivity contribution in [1.29, 1.82) is 0 Å². The molecule has 0 aromatic carbocycles. The van der Waals surface area contributed by atoms with Crippen molar-refractivity contribution >= 4 is 0 Å². The van der Waals surface area contributed by atoms with E-state index in [1.54, 1.807) is 0 Å². The largest absolute Gasteiger partial charge is 0.0651 e. The normalized spacial score (nSPS) is 21.9. The van der Waals surface area contributed by atoms with Crippen LogP contribution in [-0.4, -0.2) is 0 Å². The van der Waals surface area contributed by atoms with E-state index in [1.807, 2.05) is 0 Å². The van der Waals surface area contributed by atoms with Gasteiger partial charge in [-0.3, -0.25) is 0 Å². The van der Waals surface area contributed by atoms with Gasteiger partial charge in [0.25, 0.3) is 0 Å². The van der Waals surface area contributed by atoms with Crippen LogP contribution in [0.4, 0.5) is 0 Å². The van der Waals surface area contributed by atoms with E-state index in [-0.39, 0.29) is 0 Å². The Hall–Kier alpha value is 0. The maximum Gasteiger partial charge on any atom is -0.0269 e. The molecule has 0 saturated heterocycles. The van der Waals surface area contributed by atoms with Crippen LogP contribution < -0.4 is 0 Å². The summed E-state index contributed by atoms with van der Waals surface area (Å²) in [4.78, 5) is 0. The second-order valence-corrected chi connectivity index (χ2v) is 10.3. The van der Waals surface area contributed by atoms with E-state index >= 15 is 0 Å². The summed E-state index contributed by atoms with van der Waals surface area (Å²) in [5.41, 5.74) is 0.794. The lowest BCUT2D eigenvalue weighted by atomic mass is 9.91. The van der Waals surface area contributed by atoms with Gasteiger partial charge < -0.3 is 0 Å². The van der Waals surface area contributed by atoms with Crippen molar-refractivity contribution in [3.63, 3.8) is 0 Å². The Balaban J connectivity index is 1.71. The van der Waals surface area contributed by atoms with Gasteiger partial charge in [-0.25, -0.2) is 0 Å². The fourth-order valence-electron chi connectivity index (χ4n) is 5.25. The van der Waals surface area contributed by atoms with Crippen LogP contribution in [0.15, 0.2) is 0 Å². The van der Waals surface area contributed by atoms with E-state index < -0.39 is 0 Å². The maximum absolute atomic E-state index is 2.42. The predicted octanol–water partition coefficient (Wildman–Crippen LogP) is 10.1. The average Bonchev–Trinajstić information content (AvgIpc) is 3.38. The monoisotopic (exact) mass is 378 g/mol. The molecule has 2 unspecified atom stereocenters. The highest BCUT2D eigenvalue weighted by molar-refractivity contribution is 5.00. The lowest BCUT2D eigenvalue weighted by Crippen LogP contribution is -2.02. The molecular formula is C27H54. The Kier molecular flexibility index (Phi) is 14.7. The Morgan fingerprint density at radius 3 is 1.37 bits per heavy atom. The molecule has 1 fully saturated rings. The van der Waals surface area contributed by atoms with E-state index in [1.165, 1.54) is 128 Å². The SMILES string of the molecule is CCC1CC1(CC)CCCCCCCCCCCCCCCCCC(C)C. The molecule has 0 spiro atoms. The second-order valence-electron chi connectivity index (χ2n) is 10.3. The van der Waals surface area contributed by atoms with Gasteiger partial charge in [0.15, 0.2) is 0 Å². The molecule has 2 atom stereocenters. The van der Waals surface area contributed by atoms with Crippen molar-refractivity contribution in [2.45, 2.75) is 156 Å². The van der Waals surface area contributed by atoms with Crippen molar-refractivity contribution in [3.8, 4) is 0 Å². The molecule has 0 N–H and O–H groups in total. The molecular weight excluding hydrogens is 324 g/mol. The van der Waals surface area contributed by atoms with Crippen molar-refractivity contribution < 1.29 is 0 Å². The molecule has 0 aromatic heterocycles. The van der Waals surface area contributed by atoms with E-state index in [2.05, 4.69) is 27.7 Å². The summed E-state index contributed by atoms with van der Waals surface area (Å²) in [5.74, 6) is 1.97. The summed E-state index contributed by atoms with van der Waals surface area (Å²) in [6.07, 6.45) is 29.7. The molecule has 0 aromatic rings. The summed E-state index contributed by atoms with van der Waals surface area (Å²) in [6.45, 7) is 9.50. The first-order chi connectivity index (χ1) is 13.1. The van der Waals surface area contributed by atoms with Crippen molar-refractivity contribution in [1.82, 2.24) is 0 Å². The molecule has 1 rings (SSSR count). The Morgan fingerprint density at radius 1 is 0.630 bits per heavy atom. The van der Waals surface area contributed by atoms with Crippen LogP contribution in [-0.2, 0) is 0 Å². The number of hydrogen-bond acceptors (Lipinski definition) is 0. The topological polar surface area (TPSA) is 0 Å². The van der Waals surface area contributed by atoms with Crippen molar-refractivity contribution in [2.75, 3.05) is 0 Å². The Bertz CT molecular complexity index is 318. The van der Waals surface area contributed by atoms with Crippen LogP contribution in [0.1, 0.15) is 156 Å². The lowest BCUT2D eigenvalue weighted by molar-refractivity contribution is 0.376. The highest BCUT2D eigenvalue weighted by Crippen LogP contribution is 2.60. The fraction of sp³-hybridized carbons (Fsp3) is 1.00. The second kappa shape index (κ2) is 15.9. The molecule has 27 heavy (non-hydrogen) atoms. The zero-order chi connectivity index (χ0) is 19.8. The van der Waals surface area contributed by atoms with Crippen LogP contribution in [0, 0.1) is 17.3 Å². The standard InChI is InChI=1S/C27H54/c1-5-26-24-27(26,6-2)23-21-19-17-15-13-11-9-7-8-10-12-14-16-18-20-22-25(3)4/h25-26H,5-24H2,1-4H3. The Morgan fingerprint density at radius 2 is 1.04 bits per heavy atom. The molecule has 0 heterocycles. The first kappa shape index (κ1) is 25.0. The number of rotatable bonds is 20. The summed E-state index contributed by atoms with van der Waals surface area (Å²) >= 11 is 0. The molecule has 0 nitrogen and oxygen atoms in total. The Labute approximate surface area is 173 Å². The van der Waals surface area contributed by atoms with Crippen LogP contribution >= 0.6 is 0 Å². The quantitative estimate of drug-likeness (QED) is 0.185. The zero-order valence-electron chi connectivity index (χ0n) is 19.8. The van der Waals surface area contributed by atoms with Crippen LogP contribution in [0.25, 0.3) is 0 Å². The molecule has 0 aliphatic heterocycles. The van der Waals surface area contributed by atoms with Gasteiger partial charge in [0.2, 0.25) is 0 Å². The van der Waals surface area contributed by atoms with Gasteiger partial charge in [0.05, 0.1) is 0 Å². The van der Waals surface area contributed by atoms with E-state index in [9.17, 15) is 0 Å². The smallest absolute Gasteiger partial charge is 0.0269 e. The highest BCUT2D eigenvalue weighted by Gasteiger charge is 2.49. The van der Waals surface area contributed by atoms with Crippen LogP contribution in [0.2, 0.25) is 0 Å². The predicted molar refractivity (Wildman–Crippen MR) is 124 cm³/mol. The first-order valence-corrected chi connectivity index (χ1v) is 13.1. The molecule has 1 aliphatic rings. The molecule has 162 valence electrons. The third kappa shape index (κ3) is 12.2. The molecule has 0 radical (unpaired) electrons. The number of unbranched alkanes of at least 4 members (excludes halogenated alkanes) is 14. The van der Waals surface area contributed by atoms with Gasteiger partial charge >= 0.3 is 0 Å². The van der Waals surface area contributed by atoms with E-state index in [4.69, 9.17) is 0 Å². The van der Waals surface area contributed by atoms with Crippen LogP contribution in [0.5, 0.6) is 0 Å². The summed E-state index contributed by atoms with van der Waals surface area (Å²) < 4.78 is 0. The zero-order valence-corrected chi connectivity index (χ0v) is 19.8. The molecule has 0 amide bonds. The third-order valence-electron chi connectivity index (χ3n) is 7.51. The first-order valence-electron chi connectivity index (χ1n) is 13.1. The minimum absolute atomic E-state index is 0.794. The van der Waals surface area contributed by atoms with E-state index in [0.29, 0.717) is 0 Å². The minimum Gasteiger partial charge on any atom is -0.0651 e. The molecule has 0 bridgehead atoms. The maximum atomic E-state index is 2.42. The summed E-state index contributed by atoms with van der Waals surface area (Å²) in [7, 11) is 0. The summed E-state index contributed by atoms with van der Waals surface area (Å²) in [6, 6.07) is 0. The van der Waals surface area contributed by atoms with Crippen molar-refractivity contribution in [2.24, 2.45) is 17.3 Å². The molecule has 1 aliphatic carbocycles. The fourth-order valence-corrected chi connectivity index (χ4v) is 5.25. The summed E-state index contributed by atoms with van der Waals surface area (Å²) in [5, 5.41) is 0. The van der Waals surface area contributed by atoms with Gasteiger partial charge in [-0.15, -0.1) is 0 Å². The van der Waals surface area contributed by atoms with Gasteiger partial charge in [-0.2, -0.15) is 0 Å². The molecule has 0 heteroatoms. The third-order valence-corrected chi connectivity index (χ3v) is 7.51. The van der Waals surface area contributed by atoms with Crippen LogP contribution in [0.3, 0.4) is 0 Å². The van der Waals surface area contributed by atoms with Gasteiger partial charge in [-0.05, 0) is 30.1 Å². The van der Waals surface area contributed by atoms with Gasteiger partial charge in [-0.1, -0.05) is 143 Å². The molecule has 1 saturated carbocycles.